The summed E-state index contributed by atoms with van der Waals surface area (Å²) in [5, 5.41) is 5.25. The summed E-state index contributed by atoms with van der Waals surface area (Å²) in [7, 11) is 0. The first kappa shape index (κ1) is 19.6. The van der Waals surface area contributed by atoms with Crippen LogP contribution in [0.3, 0.4) is 0 Å². The summed E-state index contributed by atoms with van der Waals surface area (Å²) in [5.74, 6) is -1.32. The number of carbonyl (C=O) groups excluding carboxylic acids is 2. The van der Waals surface area contributed by atoms with Crippen molar-refractivity contribution in [1.29, 1.82) is 0 Å². The van der Waals surface area contributed by atoms with Crippen LogP contribution in [0.5, 0.6) is 0 Å². The number of rotatable bonds is 8. The van der Waals surface area contributed by atoms with Crippen LogP contribution < -0.4 is 10.6 Å². The summed E-state index contributed by atoms with van der Waals surface area (Å²) in [5.41, 5.74) is 1.97. The number of hydrogen-bond donors (Lipinski definition) is 2. The monoisotopic (exact) mass is 357 g/mol. The van der Waals surface area contributed by atoms with Crippen molar-refractivity contribution >= 4 is 17.5 Å². The second-order valence-electron chi connectivity index (χ2n) is 5.90. The number of anilines is 1. The molecule has 0 fully saturated rings. The maximum Gasteiger partial charge on any atom is 0.251 e. The molecule has 0 unspecified atom stereocenters. The number of benzene rings is 2. The van der Waals surface area contributed by atoms with E-state index in [1.165, 1.54) is 18.2 Å². The van der Waals surface area contributed by atoms with Crippen LogP contribution in [-0.2, 0) is 11.3 Å². The standard InChI is InChI=1S/C20H24FN3O2/c1-3-24(4-2)14-15-7-5-10-18(11-15)23-19(25)13-22-20(26)16-8-6-9-17(21)12-16/h5-12H,3-4,13-14H2,1-2H3,(H,22,26)(H,23,25). The van der Waals surface area contributed by atoms with Crippen LogP contribution in [0.1, 0.15) is 29.8 Å². The minimum Gasteiger partial charge on any atom is -0.343 e. The van der Waals surface area contributed by atoms with E-state index in [4.69, 9.17) is 0 Å². The van der Waals surface area contributed by atoms with E-state index in [2.05, 4.69) is 29.4 Å². The summed E-state index contributed by atoms with van der Waals surface area (Å²) in [6, 6.07) is 13.0. The van der Waals surface area contributed by atoms with Crippen LogP contribution in [-0.4, -0.2) is 36.3 Å². The molecule has 0 heterocycles. The van der Waals surface area contributed by atoms with E-state index >= 15 is 0 Å². The maximum absolute atomic E-state index is 13.1. The molecule has 2 N–H and O–H groups in total. The molecule has 0 bridgehead atoms. The van der Waals surface area contributed by atoms with Crippen LogP contribution in [0.25, 0.3) is 0 Å². The molecular formula is C20H24FN3O2. The molecule has 0 aromatic heterocycles. The zero-order valence-corrected chi connectivity index (χ0v) is 15.1. The van der Waals surface area contributed by atoms with Gasteiger partial charge in [0.1, 0.15) is 5.82 Å². The van der Waals surface area contributed by atoms with E-state index < -0.39 is 11.7 Å². The van der Waals surface area contributed by atoms with E-state index in [1.54, 1.807) is 6.07 Å². The Morgan fingerprint density at radius 3 is 2.46 bits per heavy atom. The van der Waals surface area contributed by atoms with Crippen molar-refractivity contribution in [1.82, 2.24) is 10.2 Å². The first-order chi connectivity index (χ1) is 12.5. The van der Waals surface area contributed by atoms with Crippen LogP contribution in [0.4, 0.5) is 10.1 Å². The Morgan fingerprint density at radius 2 is 1.77 bits per heavy atom. The van der Waals surface area contributed by atoms with Gasteiger partial charge in [0.15, 0.2) is 0 Å². The highest BCUT2D eigenvalue weighted by atomic mass is 19.1. The third kappa shape index (κ3) is 5.97. The lowest BCUT2D eigenvalue weighted by Crippen LogP contribution is -2.32. The number of carbonyl (C=O) groups is 2. The molecule has 0 radical (unpaired) electrons. The quantitative estimate of drug-likeness (QED) is 0.763. The van der Waals surface area contributed by atoms with Gasteiger partial charge in [-0.3, -0.25) is 14.5 Å². The van der Waals surface area contributed by atoms with Crippen molar-refractivity contribution in [3.63, 3.8) is 0 Å². The Kier molecular flexibility index (Phi) is 7.29. The Balaban J connectivity index is 1.88. The Labute approximate surface area is 153 Å². The largest absolute Gasteiger partial charge is 0.343 e. The zero-order chi connectivity index (χ0) is 18.9. The van der Waals surface area contributed by atoms with Gasteiger partial charge in [-0.2, -0.15) is 0 Å². The smallest absolute Gasteiger partial charge is 0.251 e. The Bertz CT molecular complexity index is 760. The summed E-state index contributed by atoms with van der Waals surface area (Å²) >= 11 is 0. The molecule has 0 aliphatic rings. The fourth-order valence-electron chi connectivity index (χ4n) is 2.55. The van der Waals surface area contributed by atoms with Crippen LogP contribution >= 0.6 is 0 Å². The molecule has 2 rings (SSSR count). The van der Waals surface area contributed by atoms with Gasteiger partial charge in [0.2, 0.25) is 5.91 Å². The summed E-state index contributed by atoms with van der Waals surface area (Å²) in [6.07, 6.45) is 0. The van der Waals surface area contributed by atoms with Gasteiger partial charge in [0.25, 0.3) is 5.91 Å². The number of nitrogens with zero attached hydrogens (tertiary/aromatic N) is 1. The normalized spacial score (nSPS) is 10.6. The van der Waals surface area contributed by atoms with E-state index in [0.717, 1.165) is 31.3 Å². The topological polar surface area (TPSA) is 61.4 Å². The number of nitrogens with one attached hydrogen (secondary N) is 2. The van der Waals surface area contributed by atoms with Gasteiger partial charge in [-0.25, -0.2) is 4.39 Å². The Morgan fingerprint density at radius 1 is 1.04 bits per heavy atom. The lowest BCUT2D eigenvalue weighted by molar-refractivity contribution is -0.115. The molecule has 0 saturated heterocycles. The van der Waals surface area contributed by atoms with Gasteiger partial charge in [-0.1, -0.05) is 32.0 Å². The average Bonchev–Trinajstić information content (AvgIpc) is 2.64. The highest BCUT2D eigenvalue weighted by molar-refractivity contribution is 5.99. The number of halogens is 1. The van der Waals surface area contributed by atoms with Crippen LogP contribution in [0, 0.1) is 5.82 Å². The summed E-state index contributed by atoms with van der Waals surface area (Å²) < 4.78 is 13.1. The molecule has 0 aliphatic heterocycles. The van der Waals surface area contributed by atoms with E-state index in [-0.39, 0.29) is 18.0 Å². The third-order valence-electron chi connectivity index (χ3n) is 4.01. The van der Waals surface area contributed by atoms with E-state index in [1.807, 2.05) is 18.2 Å². The average molecular weight is 357 g/mol. The van der Waals surface area contributed by atoms with Crippen molar-refractivity contribution < 1.29 is 14.0 Å². The van der Waals surface area contributed by atoms with Crippen molar-refractivity contribution in [3.05, 3.63) is 65.5 Å². The molecular weight excluding hydrogens is 333 g/mol. The fraction of sp³-hybridized carbons (Fsp3) is 0.300. The first-order valence-corrected chi connectivity index (χ1v) is 8.66. The van der Waals surface area contributed by atoms with Gasteiger partial charge < -0.3 is 10.6 Å². The molecule has 0 saturated carbocycles. The molecule has 0 atom stereocenters. The fourth-order valence-corrected chi connectivity index (χ4v) is 2.55. The van der Waals surface area contributed by atoms with Crippen molar-refractivity contribution in [2.24, 2.45) is 0 Å². The van der Waals surface area contributed by atoms with Gasteiger partial charge in [-0.15, -0.1) is 0 Å². The van der Waals surface area contributed by atoms with Gasteiger partial charge in [0.05, 0.1) is 6.54 Å². The molecule has 0 spiro atoms. The predicted molar refractivity (Wildman–Crippen MR) is 100 cm³/mol. The molecule has 2 amide bonds. The molecule has 0 aliphatic carbocycles. The van der Waals surface area contributed by atoms with E-state index in [0.29, 0.717) is 5.69 Å². The van der Waals surface area contributed by atoms with Crippen molar-refractivity contribution in [2.45, 2.75) is 20.4 Å². The van der Waals surface area contributed by atoms with Crippen LogP contribution in [0.15, 0.2) is 48.5 Å². The SMILES string of the molecule is CCN(CC)Cc1cccc(NC(=O)CNC(=O)c2cccc(F)c2)c1. The highest BCUT2D eigenvalue weighted by Crippen LogP contribution is 2.12. The molecule has 5 nitrogen and oxygen atoms in total. The number of hydrogen-bond acceptors (Lipinski definition) is 3. The Hall–Kier alpha value is -2.73. The first-order valence-electron chi connectivity index (χ1n) is 8.66. The minimum atomic E-state index is -0.493. The second kappa shape index (κ2) is 9.68. The lowest BCUT2D eigenvalue weighted by atomic mass is 10.2. The van der Waals surface area contributed by atoms with Gasteiger partial charge in [-0.05, 0) is 49.0 Å². The lowest BCUT2D eigenvalue weighted by Gasteiger charge is -2.18. The zero-order valence-electron chi connectivity index (χ0n) is 15.1. The molecule has 2 aromatic carbocycles. The third-order valence-corrected chi connectivity index (χ3v) is 4.01. The summed E-state index contributed by atoms with van der Waals surface area (Å²) in [4.78, 5) is 26.3. The molecule has 26 heavy (non-hydrogen) atoms. The molecule has 138 valence electrons. The second-order valence-corrected chi connectivity index (χ2v) is 5.90. The van der Waals surface area contributed by atoms with Gasteiger partial charge >= 0.3 is 0 Å². The highest BCUT2D eigenvalue weighted by Gasteiger charge is 2.09. The predicted octanol–water partition coefficient (Wildman–Crippen LogP) is 3.04. The maximum atomic E-state index is 13.1. The summed E-state index contributed by atoms with van der Waals surface area (Å²) in [6.45, 7) is 6.76. The number of amides is 2. The van der Waals surface area contributed by atoms with E-state index in [9.17, 15) is 14.0 Å². The van der Waals surface area contributed by atoms with Crippen molar-refractivity contribution in [3.8, 4) is 0 Å². The van der Waals surface area contributed by atoms with Crippen molar-refractivity contribution in [2.75, 3.05) is 25.0 Å². The molecule has 2 aromatic rings. The van der Waals surface area contributed by atoms with Crippen LogP contribution in [0.2, 0.25) is 0 Å². The van der Waals surface area contributed by atoms with Gasteiger partial charge in [0, 0.05) is 17.8 Å². The molecule has 6 heteroatoms. The minimum absolute atomic E-state index is 0.180.